The van der Waals surface area contributed by atoms with E-state index < -0.39 is 12.0 Å². The van der Waals surface area contributed by atoms with Crippen molar-refractivity contribution >= 4 is 11.7 Å². The number of aryl methyl sites for hydroxylation is 2. The summed E-state index contributed by atoms with van der Waals surface area (Å²) >= 11 is 0. The highest BCUT2D eigenvalue weighted by Crippen LogP contribution is 2.27. The summed E-state index contributed by atoms with van der Waals surface area (Å²) in [4.78, 5) is 24.3. The molecule has 0 spiro atoms. The fourth-order valence-corrected chi connectivity index (χ4v) is 3.50. The molecule has 178 valence electrons. The Hall–Kier alpha value is -3.08. The number of nitrogens with zero attached hydrogens (tertiary/aromatic N) is 6. The van der Waals surface area contributed by atoms with E-state index in [1.165, 1.54) is 12.1 Å². The van der Waals surface area contributed by atoms with Gasteiger partial charge in [0, 0.05) is 37.4 Å². The number of benzene rings is 1. The first kappa shape index (κ1) is 24.6. The molecule has 0 saturated heterocycles. The largest absolute Gasteiger partial charge is 0.453 e. The monoisotopic (exact) mass is 466 g/mol. The Balaban J connectivity index is 1.78. The second kappa shape index (κ2) is 9.82. The van der Waals surface area contributed by atoms with Crippen molar-refractivity contribution in [3.8, 4) is 0 Å². The number of carbonyl (C=O) groups excluding carboxylic acids is 1. The molecule has 2 heterocycles. The van der Waals surface area contributed by atoms with E-state index in [2.05, 4.69) is 15.1 Å². The van der Waals surface area contributed by atoms with Crippen molar-refractivity contribution in [2.75, 3.05) is 27.2 Å². The lowest BCUT2D eigenvalue weighted by Crippen LogP contribution is -2.36. The van der Waals surface area contributed by atoms with Crippen LogP contribution in [0.15, 0.2) is 24.3 Å². The van der Waals surface area contributed by atoms with Crippen LogP contribution in [0.5, 0.6) is 0 Å². The normalized spacial score (nSPS) is 12.0. The van der Waals surface area contributed by atoms with Crippen LogP contribution in [-0.2, 0) is 23.9 Å². The molecule has 0 bridgehead atoms. The van der Waals surface area contributed by atoms with Gasteiger partial charge in [0.25, 0.3) is 11.6 Å². The number of carbonyl (C=O) groups is 1. The van der Waals surface area contributed by atoms with Crippen LogP contribution in [0.2, 0.25) is 0 Å². The van der Waals surface area contributed by atoms with Gasteiger partial charge in [-0.3, -0.25) is 4.79 Å². The molecule has 0 aliphatic rings. The van der Waals surface area contributed by atoms with Gasteiger partial charge in [0.05, 0.1) is 0 Å². The van der Waals surface area contributed by atoms with Crippen molar-refractivity contribution in [1.82, 2.24) is 29.4 Å². The van der Waals surface area contributed by atoms with Crippen molar-refractivity contribution in [1.29, 1.82) is 0 Å². The summed E-state index contributed by atoms with van der Waals surface area (Å²) in [6.45, 7) is 4.78. The first-order valence-corrected chi connectivity index (χ1v) is 10.4. The van der Waals surface area contributed by atoms with Crippen molar-refractivity contribution in [3.63, 3.8) is 0 Å². The Labute approximate surface area is 189 Å². The maximum Gasteiger partial charge on any atom is 0.453 e. The molecule has 11 heteroatoms. The summed E-state index contributed by atoms with van der Waals surface area (Å²) < 4.78 is 53.3. The Morgan fingerprint density at radius 1 is 1.06 bits per heavy atom. The molecule has 0 N–H and O–H groups in total. The third-order valence-electron chi connectivity index (χ3n) is 5.35. The minimum absolute atomic E-state index is 0.116. The predicted molar refractivity (Wildman–Crippen MR) is 114 cm³/mol. The zero-order valence-corrected chi connectivity index (χ0v) is 18.9. The van der Waals surface area contributed by atoms with Gasteiger partial charge in [-0.05, 0) is 57.6 Å². The molecular weight excluding hydrogens is 440 g/mol. The average Bonchev–Trinajstić information content (AvgIpc) is 3.16. The molecular formula is C22H26F4N6O. The summed E-state index contributed by atoms with van der Waals surface area (Å²) in [5, 5.41) is 3.55. The van der Waals surface area contributed by atoms with Crippen LogP contribution in [0.25, 0.3) is 5.78 Å². The van der Waals surface area contributed by atoms with Gasteiger partial charge in [0.2, 0.25) is 5.91 Å². The van der Waals surface area contributed by atoms with Gasteiger partial charge in [-0.15, -0.1) is 5.10 Å². The number of hydrogen-bond acceptors (Lipinski definition) is 5. The number of hydrogen-bond donors (Lipinski definition) is 0. The number of amides is 1. The second-order valence-electron chi connectivity index (χ2n) is 8.15. The molecule has 0 atom stereocenters. The highest BCUT2D eigenvalue weighted by molar-refractivity contribution is 5.76. The predicted octanol–water partition coefficient (Wildman–Crippen LogP) is 3.42. The zero-order chi connectivity index (χ0) is 24.3. The quantitative estimate of drug-likeness (QED) is 0.476. The standard InChI is InChI=1S/C22H26F4N6O/c1-14-18(15(2)32-21(27-14)28-20(29-32)22(24,25)26)9-10-19(33)31(12-11-30(3)4)13-16-5-7-17(23)8-6-16/h5-8H,9-13H2,1-4H3. The van der Waals surface area contributed by atoms with E-state index in [9.17, 15) is 22.4 Å². The third-order valence-corrected chi connectivity index (χ3v) is 5.35. The molecule has 0 unspecified atom stereocenters. The van der Waals surface area contributed by atoms with Gasteiger partial charge in [0.1, 0.15) is 5.82 Å². The molecule has 33 heavy (non-hydrogen) atoms. The molecule has 3 rings (SSSR count). The van der Waals surface area contributed by atoms with Crippen LogP contribution >= 0.6 is 0 Å². The van der Waals surface area contributed by atoms with Crippen molar-refractivity contribution < 1.29 is 22.4 Å². The first-order valence-electron chi connectivity index (χ1n) is 10.4. The number of alkyl halides is 3. The van der Waals surface area contributed by atoms with Crippen molar-refractivity contribution in [3.05, 3.63) is 58.4 Å². The summed E-state index contributed by atoms with van der Waals surface area (Å²) in [5.41, 5.74) is 2.43. The van der Waals surface area contributed by atoms with Gasteiger partial charge < -0.3 is 9.80 Å². The minimum Gasteiger partial charge on any atom is -0.337 e. The highest BCUT2D eigenvalue weighted by atomic mass is 19.4. The molecule has 0 aliphatic heterocycles. The lowest BCUT2D eigenvalue weighted by atomic mass is 10.1. The summed E-state index contributed by atoms with van der Waals surface area (Å²) in [6.07, 6.45) is -4.23. The Morgan fingerprint density at radius 2 is 1.73 bits per heavy atom. The van der Waals surface area contributed by atoms with Crippen LogP contribution in [0, 0.1) is 19.7 Å². The fraction of sp³-hybridized carbons (Fsp3) is 0.455. The smallest absolute Gasteiger partial charge is 0.337 e. The molecule has 0 fully saturated rings. The SMILES string of the molecule is Cc1nc2nc(C(F)(F)F)nn2c(C)c1CCC(=O)N(CCN(C)C)Cc1ccc(F)cc1. The average molecular weight is 466 g/mol. The molecule has 1 amide bonds. The highest BCUT2D eigenvalue weighted by Gasteiger charge is 2.37. The molecule has 3 aromatic rings. The maximum atomic E-state index is 13.2. The molecule has 7 nitrogen and oxygen atoms in total. The van der Waals surface area contributed by atoms with Gasteiger partial charge in [-0.25, -0.2) is 13.9 Å². The van der Waals surface area contributed by atoms with Crippen LogP contribution in [0.1, 0.15) is 34.8 Å². The van der Waals surface area contributed by atoms with Gasteiger partial charge in [-0.1, -0.05) is 12.1 Å². The zero-order valence-electron chi connectivity index (χ0n) is 18.9. The Bertz CT molecular complexity index is 1120. The third kappa shape index (κ3) is 6.04. The number of likely N-dealkylation sites (N-methyl/N-ethyl adjacent to an activating group) is 1. The van der Waals surface area contributed by atoms with Crippen molar-refractivity contribution in [2.45, 2.75) is 39.4 Å². The Kier molecular flexibility index (Phi) is 7.31. The van der Waals surface area contributed by atoms with E-state index >= 15 is 0 Å². The van der Waals surface area contributed by atoms with E-state index in [1.807, 2.05) is 19.0 Å². The number of halogens is 4. The second-order valence-corrected chi connectivity index (χ2v) is 8.15. The fourth-order valence-electron chi connectivity index (χ4n) is 3.50. The van der Waals surface area contributed by atoms with Crippen LogP contribution in [-0.4, -0.2) is 62.5 Å². The molecule has 0 radical (unpaired) electrons. The van der Waals surface area contributed by atoms with E-state index in [-0.39, 0.29) is 23.9 Å². The van der Waals surface area contributed by atoms with Gasteiger partial charge in [-0.2, -0.15) is 18.2 Å². The number of rotatable bonds is 8. The van der Waals surface area contributed by atoms with Crippen LogP contribution in [0.3, 0.4) is 0 Å². The molecule has 2 aromatic heterocycles. The number of fused-ring (bicyclic) bond motifs is 1. The minimum atomic E-state index is -4.67. The maximum absolute atomic E-state index is 13.2. The van der Waals surface area contributed by atoms with Gasteiger partial charge in [0.15, 0.2) is 0 Å². The molecule has 1 aromatic carbocycles. The van der Waals surface area contributed by atoms with Gasteiger partial charge >= 0.3 is 6.18 Å². The molecule has 0 aliphatic carbocycles. The van der Waals surface area contributed by atoms with Crippen molar-refractivity contribution in [2.24, 2.45) is 0 Å². The Morgan fingerprint density at radius 3 is 2.33 bits per heavy atom. The lowest BCUT2D eigenvalue weighted by molar-refractivity contribution is -0.144. The summed E-state index contributed by atoms with van der Waals surface area (Å²) in [6, 6.07) is 5.98. The number of aromatic nitrogens is 4. The van der Waals surface area contributed by atoms with E-state index in [0.29, 0.717) is 43.0 Å². The molecule has 0 saturated carbocycles. The van der Waals surface area contributed by atoms with E-state index in [4.69, 9.17) is 0 Å². The van der Waals surface area contributed by atoms with Crippen LogP contribution < -0.4 is 0 Å². The van der Waals surface area contributed by atoms with E-state index in [1.54, 1.807) is 30.9 Å². The van der Waals surface area contributed by atoms with E-state index in [0.717, 1.165) is 10.1 Å². The summed E-state index contributed by atoms with van der Waals surface area (Å²) in [5.74, 6) is -1.84. The lowest BCUT2D eigenvalue weighted by Gasteiger charge is -2.25. The van der Waals surface area contributed by atoms with Crippen LogP contribution in [0.4, 0.5) is 17.6 Å². The summed E-state index contributed by atoms with van der Waals surface area (Å²) in [7, 11) is 3.81. The topological polar surface area (TPSA) is 66.6 Å². The first-order chi connectivity index (χ1) is 15.5.